The van der Waals surface area contributed by atoms with E-state index >= 15 is 0 Å². The van der Waals surface area contributed by atoms with E-state index in [9.17, 15) is 9.90 Å². The lowest BCUT2D eigenvalue weighted by Gasteiger charge is -2.25. The summed E-state index contributed by atoms with van der Waals surface area (Å²) in [6, 6.07) is 0. The summed E-state index contributed by atoms with van der Waals surface area (Å²) in [4.78, 5) is 10.5. The summed E-state index contributed by atoms with van der Waals surface area (Å²) in [7, 11) is 0. The van der Waals surface area contributed by atoms with Gasteiger partial charge < -0.3 is 10.2 Å². The predicted octanol–water partition coefficient (Wildman–Crippen LogP) is 5.47. The second-order valence-corrected chi connectivity index (χ2v) is 7.30. The summed E-state index contributed by atoms with van der Waals surface area (Å²) >= 11 is 0. The number of rotatable bonds is 13. The molecule has 0 amide bonds. The highest BCUT2D eigenvalue weighted by Crippen LogP contribution is 2.43. The van der Waals surface area contributed by atoms with Gasteiger partial charge in [-0.25, -0.2) is 0 Å². The topological polar surface area (TPSA) is 57.5 Å². The van der Waals surface area contributed by atoms with Gasteiger partial charge in [0.2, 0.25) is 0 Å². The third-order valence-corrected chi connectivity index (χ3v) is 5.19. The number of aliphatic hydroxyl groups is 1. The van der Waals surface area contributed by atoms with E-state index in [-0.39, 0.29) is 11.5 Å². The molecule has 3 heteroatoms. The van der Waals surface area contributed by atoms with Crippen LogP contribution in [0.1, 0.15) is 96.8 Å². The number of aliphatic hydroxyl groups excluding tert-OH is 1. The fraction of sp³-hybridized carbons (Fsp3) is 0.850. The highest BCUT2D eigenvalue weighted by Gasteiger charge is 2.30. The number of allylic oxidation sites excluding steroid dienone is 1. The van der Waals surface area contributed by atoms with Gasteiger partial charge in [0.15, 0.2) is 0 Å². The molecule has 3 nitrogen and oxygen atoms in total. The van der Waals surface area contributed by atoms with Crippen molar-refractivity contribution in [2.45, 2.75) is 103 Å². The Hall–Kier alpha value is -0.830. The Morgan fingerprint density at radius 2 is 1.78 bits per heavy atom. The third kappa shape index (κ3) is 9.14. The number of unbranched alkanes of at least 4 members (excludes halogenated alkanes) is 5. The predicted molar refractivity (Wildman–Crippen MR) is 95.5 cm³/mol. The summed E-state index contributed by atoms with van der Waals surface area (Å²) in [5.41, 5.74) is 0.271. The Balaban J connectivity index is 2.31. The number of carboxylic acid groups (broad SMARTS) is 1. The van der Waals surface area contributed by atoms with Gasteiger partial charge in [0.25, 0.3) is 0 Å². The van der Waals surface area contributed by atoms with E-state index in [1.165, 1.54) is 44.9 Å². The van der Waals surface area contributed by atoms with Crippen molar-refractivity contribution < 1.29 is 15.0 Å². The third-order valence-electron chi connectivity index (χ3n) is 5.19. The van der Waals surface area contributed by atoms with Crippen LogP contribution in [0.5, 0.6) is 0 Å². The maximum absolute atomic E-state index is 10.5. The summed E-state index contributed by atoms with van der Waals surface area (Å²) < 4.78 is 0. The van der Waals surface area contributed by atoms with Crippen LogP contribution in [0.25, 0.3) is 0 Å². The lowest BCUT2D eigenvalue weighted by Crippen LogP contribution is -2.14. The van der Waals surface area contributed by atoms with Crippen molar-refractivity contribution >= 4 is 5.97 Å². The molecule has 1 fully saturated rings. The Bertz CT molecular complexity index is 343. The van der Waals surface area contributed by atoms with Gasteiger partial charge in [0, 0.05) is 6.42 Å². The van der Waals surface area contributed by atoms with E-state index in [4.69, 9.17) is 5.11 Å². The first-order valence-electron chi connectivity index (χ1n) is 9.67. The number of carbonyl (C=O) groups is 1. The summed E-state index contributed by atoms with van der Waals surface area (Å²) in [5.74, 6) is -0.688. The molecule has 0 aromatic heterocycles. The monoisotopic (exact) mass is 324 g/mol. The van der Waals surface area contributed by atoms with Crippen LogP contribution in [0.15, 0.2) is 12.2 Å². The van der Waals surface area contributed by atoms with Gasteiger partial charge >= 0.3 is 5.97 Å². The van der Waals surface area contributed by atoms with E-state index in [1.54, 1.807) is 0 Å². The fourth-order valence-electron chi connectivity index (χ4n) is 3.70. The lowest BCUT2D eigenvalue weighted by molar-refractivity contribution is -0.137. The Kier molecular flexibility index (Phi) is 10.3. The van der Waals surface area contributed by atoms with Crippen LogP contribution in [0.2, 0.25) is 0 Å². The van der Waals surface area contributed by atoms with Crippen LogP contribution in [-0.2, 0) is 4.79 Å². The zero-order valence-corrected chi connectivity index (χ0v) is 14.9. The van der Waals surface area contributed by atoms with Gasteiger partial charge in [0.1, 0.15) is 0 Å². The molecular weight excluding hydrogens is 288 g/mol. The molecule has 0 bridgehead atoms. The van der Waals surface area contributed by atoms with Crippen LogP contribution < -0.4 is 0 Å². The zero-order chi connectivity index (χ0) is 17.0. The molecule has 0 saturated heterocycles. The highest BCUT2D eigenvalue weighted by molar-refractivity contribution is 5.66. The van der Waals surface area contributed by atoms with E-state index < -0.39 is 5.97 Å². The molecular formula is C20H36O3. The van der Waals surface area contributed by atoms with Crippen molar-refractivity contribution in [3.63, 3.8) is 0 Å². The van der Waals surface area contributed by atoms with Gasteiger partial charge in [-0.15, -0.1) is 0 Å². The molecule has 1 rings (SSSR count). The minimum atomic E-state index is -0.688. The molecule has 1 aliphatic carbocycles. The fourth-order valence-corrected chi connectivity index (χ4v) is 3.70. The van der Waals surface area contributed by atoms with E-state index in [2.05, 4.69) is 13.0 Å². The van der Waals surface area contributed by atoms with Crippen LogP contribution in [0, 0.1) is 5.41 Å². The van der Waals surface area contributed by atoms with E-state index in [0.29, 0.717) is 6.42 Å². The molecule has 0 radical (unpaired) electrons. The second-order valence-electron chi connectivity index (χ2n) is 7.30. The zero-order valence-electron chi connectivity index (χ0n) is 14.9. The SMILES string of the molecule is CCCCCCC(O)C=CC1(CCCCCC(=O)O)CCCC1. The minimum absolute atomic E-state index is 0.271. The van der Waals surface area contributed by atoms with Crippen LogP contribution in [-0.4, -0.2) is 22.3 Å². The molecule has 1 saturated carbocycles. The maximum atomic E-state index is 10.5. The van der Waals surface area contributed by atoms with Crippen LogP contribution >= 0.6 is 0 Å². The van der Waals surface area contributed by atoms with E-state index in [1.807, 2.05) is 6.08 Å². The van der Waals surface area contributed by atoms with Crippen molar-refractivity contribution in [2.24, 2.45) is 5.41 Å². The van der Waals surface area contributed by atoms with Crippen molar-refractivity contribution in [1.82, 2.24) is 0 Å². The van der Waals surface area contributed by atoms with Gasteiger partial charge in [-0.2, -0.15) is 0 Å². The number of carboxylic acids is 1. The van der Waals surface area contributed by atoms with Gasteiger partial charge in [-0.3, -0.25) is 4.79 Å². The maximum Gasteiger partial charge on any atom is 0.303 e. The molecule has 134 valence electrons. The Morgan fingerprint density at radius 1 is 1.09 bits per heavy atom. The first-order valence-corrected chi connectivity index (χ1v) is 9.67. The quantitative estimate of drug-likeness (QED) is 0.349. The number of hydrogen-bond acceptors (Lipinski definition) is 2. The van der Waals surface area contributed by atoms with Gasteiger partial charge in [-0.05, 0) is 37.5 Å². The largest absolute Gasteiger partial charge is 0.481 e. The lowest BCUT2D eigenvalue weighted by atomic mass is 9.80. The average molecular weight is 325 g/mol. The molecule has 0 aromatic carbocycles. The highest BCUT2D eigenvalue weighted by atomic mass is 16.4. The molecule has 0 aromatic rings. The first kappa shape index (κ1) is 20.2. The van der Waals surface area contributed by atoms with E-state index in [0.717, 1.165) is 38.5 Å². The average Bonchev–Trinajstić information content (AvgIpc) is 2.98. The molecule has 1 atom stereocenters. The molecule has 23 heavy (non-hydrogen) atoms. The number of hydrogen-bond donors (Lipinski definition) is 2. The first-order chi connectivity index (χ1) is 11.1. The smallest absolute Gasteiger partial charge is 0.303 e. The molecule has 2 N–H and O–H groups in total. The van der Waals surface area contributed by atoms with Crippen molar-refractivity contribution in [2.75, 3.05) is 0 Å². The van der Waals surface area contributed by atoms with Crippen molar-refractivity contribution in [1.29, 1.82) is 0 Å². The van der Waals surface area contributed by atoms with Crippen LogP contribution in [0.4, 0.5) is 0 Å². The Labute approximate surface area is 142 Å². The second kappa shape index (κ2) is 11.7. The molecule has 0 spiro atoms. The normalized spacial score (nSPS) is 18.5. The van der Waals surface area contributed by atoms with Crippen LogP contribution in [0.3, 0.4) is 0 Å². The molecule has 0 heterocycles. The summed E-state index contributed by atoms with van der Waals surface area (Å²) in [6.07, 6.45) is 19.1. The summed E-state index contributed by atoms with van der Waals surface area (Å²) in [5, 5.41) is 18.8. The van der Waals surface area contributed by atoms with Gasteiger partial charge in [0.05, 0.1) is 6.10 Å². The van der Waals surface area contributed by atoms with Crippen molar-refractivity contribution in [3.05, 3.63) is 12.2 Å². The Morgan fingerprint density at radius 3 is 2.43 bits per heavy atom. The van der Waals surface area contributed by atoms with Gasteiger partial charge in [-0.1, -0.05) is 70.4 Å². The number of aliphatic carboxylic acids is 1. The summed E-state index contributed by atoms with van der Waals surface area (Å²) in [6.45, 7) is 2.21. The molecule has 0 aliphatic heterocycles. The molecule has 1 unspecified atom stereocenters. The standard InChI is InChI=1S/C20H36O3/c1-2-3-4-6-11-18(21)13-17-20(15-9-10-16-20)14-8-5-7-12-19(22)23/h13,17-18,21H,2-12,14-16H2,1H3,(H,22,23). The van der Waals surface area contributed by atoms with Crippen molar-refractivity contribution in [3.8, 4) is 0 Å². The molecule has 1 aliphatic rings. The minimum Gasteiger partial charge on any atom is -0.481 e.